The van der Waals surface area contributed by atoms with Gasteiger partial charge in [-0.15, -0.1) is 11.3 Å². The topological polar surface area (TPSA) is 25.8 Å². The van der Waals surface area contributed by atoms with E-state index in [1.54, 1.807) is 11.3 Å². The maximum absolute atomic E-state index is 5.35. The van der Waals surface area contributed by atoms with Crippen molar-refractivity contribution in [3.05, 3.63) is 216 Å². The van der Waals surface area contributed by atoms with Crippen molar-refractivity contribution in [1.29, 1.82) is 0 Å². The number of benzene rings is 7. The first-order chi connectivity index (χ1) is 25.8. The fourth-order valence-electron chi connectivity index (χ4n) is 8.03. The molecule has 0 saturated heterocycles. The smallest absolute Gasteiger partial charge is 0.160 e. The Bertz CT molecular complexity index is 2660. The van der Waals surface area contributed by atoms with Gasteiger partial charge in [-0.05, 0) is 80.2 Å². The lowest BCUT2D eigenvalue weighted by atomic mass is 9.67. The lowest BCUT2D eigenvalue weighted by Crippen LogP contribution is -2.28. The van der Waals surface area contributed by atoms with Crippen LogP contribution in [0.5, 0.6) is 0 Å². The highest BCUT2D eigenvalue weighted by Gasteiger charge is 2.46. The van der Waals surface area contributed by atoms with Crippen molar-refractivity contribution in [3.8, 4) is 55.5 Å². The first kappa shape index (κ1) is 30.4. The van der Waals surface area contributed by atoms with Crippen molar-refractivity contribution < 1.29 is 0 Å². The molecule has 244 valence electrons. The molecule has 0 atom stereocenters. The zero-order valence-corrected chi connectivity index (χ0v) is 29.1. The summed E-state index contributed by atoms with van der Waals surface area (Å²) in [5, 5.41) is 1.22. The van der Waals surface area contributed by atoms with Crippen molar-refractivity contribution in [2.24, 2.45) is 0 Å². The largest absolute Gasteiger partial charge is 0.228 e. The highest BCUT2D eigenvalue weighted by atomic mass is 32.1. The summed E-state index contributed by atoms with van der Waals surface area (Å²) in [5.74, 6) is 0.712. The monoisotopic (exact) mass is 680 g/mol. The Morgan fingerprint density at radius 2 is 1.00 bits per heavy atom. The molecule has 0 fully saturated rings. The summed E-state index contributed by atoms with van der Waals surface area (Å²) in [5.41, 5.74) is 13.3. The molecule has 1 aliphatic carbocycles. The van der Waals surface area contributed by atoms with Crippen molar-refractivity contribution in [2.75, 3.05) is 0 Å². The Balaban J connectivity index is 1.21. The summed E-state index contributed by atoms with van der Waals surface area (Å²) in [4.78, 5) is 11.7. The summed E-state index contributed by atoms with van der Waals surface area (Å²) < 4.78 is 1.25. The molecule has 1 aliphatic rings. The molecule has 0 radical (unpaired) electrons. The summed E-state index contributed by atoms with van der Waals surface area (Å²) in [6.45, 7) is 0. The minimum Gasteiger partial charge on any atom is -0.228 e. The van der Waals surface area contributed by atoms with Crippen LogP contribution in [-0.4, -0.2) is 9.97 Å². The third kappa shape index (κ3) is 4.93. The van der Waals surface area contributed by atoms with Gasteiger partial charge in [0, 0.05) is 15.8 Å². The second kappa shape index (κ2) is 12.4. The third-order valence-electron chi connectivity index (χ3n) is 10.4. The van der Waals surface area contributed by atoms with Crippen LogP contribution in [0.3, 0.4) is 0 Å². The Labute approximate surface area is 307 Å². The average Bonchev–Trinajstić information content (AvgIpc) is 3.80. The molecule has 0 saturated carbocycles. The molecule has 0 bridgehead atoms. The highest BCUT2D eigenvalue weighted by molar-refractivity contribution is 7.22. The number of thiophene rings is 1. The fraction of sp³-hybridized carbons (Fsp3) is 0.0204. The number of aromatic nitrogens is 2. The van der Waals surface area contributed by atoms with Crippen molar-refractivity contribution in [3.63, 3.8) is 0 Å². The molecule has 2 nitrogen and oxygen atoms in total. The average molecular weight is 681 g/mol. The van der Waals surface area contributed by atoms with Crippen LogP contribution < -0.4 is 0 Å². The molecule has 7 aromatic carbocycles. The highest BCUT2D eigenvalue weighted by Crippen LogP contribution is 2.56. The van der Waals surface area contributed by atoms with E-state index < -0.39 is 5.41 Å². The molecule has 10 rings (SSSR count). The van der Waals surface area contributed by atoms with Gasteiger partial charge in [-0.1, -0.05) is 164 Å². The standard InChI is InChI=1S/C49H32N2S/c1-4-15-33(16-5-1)34-18-14-19-37(29-34)48-50-44(32-45(51-48)47-31-36-17-10-13-26-46(36)52-47)35-27-28-41-40-24-11-12-25-42(40)49(43(41)30-35,38-20-6-2-7-21-38)39-22-8-3-9-23-39/h1-32H. The van der Waals surface area contributed by atoms with Crippen molar-refractivity contribution in [1.82, 2.24) is 9.97 Å². The van der Waals surface area contributed by atoms with Crippen LogP contribution in [0.4, 0.5) is 0 Å². The van der Waals surface area contributed by atoms with Gasteiger partial charge in [0.2, 0.25) is 0 Å². The van der Waals surface area contributed by atoms with Crippen LogP contribution in [0.1, 0.15) is 22.3 Å². The maximum atomic E-state index is 5.35. The lowest BCUT2D eigenvalue weighted by Gasteiger charge is -2.34. The van der Waals surface area contributed by atoms with Crippen LogP contribution in [-0.2, 0) is 5.41 Å². The Morgan fingerprint density at radius 3 is 1.77 bits per heavy atom. The molecule has 0 unspecified atom stereocenters. The molecule has 0 aliphatic heterocycles. The number of rotatable bonds is 6. The molecular weight excluding hydrogens is 649 g/mol. The van der Waals surface area contributed by atoms with E-state index in [0.29, 0.717) is 5.82 Å². The zero-order valence-electron chi connectivity index (χ0n) is 28.3. The van der Waals surface area contributed by atoms with Gasteiger partial charge in [0.1, 0.15) is 0 Å². The van der Waals surface area contributed by atoms with E-state index in [4.69, 9.17) is 9.97 Å². The van der Waals surface area contributed by atoms with E-state index >= 15 is 0 Å². The molecule has 0 spiro atoms. The number of fused-ring (bicyclic) bond motifs is 4. The first-order valence-corrected chi connectivity index (χ1v) is 18.5. The van der Waals surface area contributed by atoms with Crippen molar-refractivity contribution >= 4 is 21.4 Å². The molecule has 9 aromatic rings. The quantitative estimate of drug-likeness (QED) is 0.175. The molecule has 0 amide bonds. The fourth-order valence-corrected chi connectivity index (χ4v) is 9.05. The summed E-state index contributed by atoms with van der Waals surface area (Å²) in [7, 11) is 0. The molecular formula is C49H32N2S. The predicted octanol–water partition coefficient (Wildman–Crippen LogP) is 12.7. The number of hydrogen-bond acceptors (Lipinski definition) is 3. The van der Waals surface area contributed by atoms with E-state index in [1.165, 1.54) is 49.0 Å². The second-order valence-corrected chi connectivity index (χ2v) is 14.4. The van der Waals surface area contributed by atoms with E-state index in [0.717, 1.165) is 33.0 Å². The van der Waals surface area contributed by atoms with Gasteiger partial charge < -0.3 is 0 Å². The van der Waals surface area contributed by atoms with Crippen LogP contribution >= 0.6 is 11.3 Å². The first-order valence-electron chi connectivity index (χ1n) is 17.7. The maximum Gasteiger partial charge on any atom is 0.160 e. The van der Waals surface area contributed by atoms with Crippen LogP contribution in [0.2, 0.25) is 0 Å². The molecule has 2 aromatic heterocycles. The van der Waals surface area contributed by atoms with E-state index in [2.05, 4.69) is 194 Å². The van der Waals surface area contributed by atoms with Gasteiger partial charge in [-0.2, -0.15) is 0 Å². The summed E-state index contributed by atoms with van der Waals surface area (Å²) in [6, 6.07) is 69.8. The van der Waals surface area contributed by atoms with Gasteiger partial charge in [-0.3, -0.25) is 0 Å². The lowest BCUT2D eigenvalue weighted by molar-refractivity contribution is 0.768. The van der Waals surface area contributed by atoms with Crippen molar-refractivity contribution in [2.45, 2.75) is 5.41 Å². The Hall–Kier alpha value is -6.42. The summed E-state index contributed by atoms with van der Waals surface area (Å²) >= 11 is 1.77. The minimum atomic E-state index is -0.487. The number of nitrogens with zero attached hydrogens (tertiary/aromatic N) is 2. The minimum absolute atomic E-state index is 0.487. The molecule has 52 heavy (non-hydrogen) atoms. The zero-order chi connectivity index (χ0) is 34.5. The van der Waals surface area contributed by atoms with Crippen LogP contribution in [0, 0.1) is 0 Å². The van der Waals surface area contributed by atoms with Gasteiger partial charge >= 0.3 is 0 Å². The molecule has 2 heterocycles. The SMILES string of the molecule is c1ccc(-c2cccc(-c3nc(-c4ccc5c(c4)C(c4ccccc4)(c4ccccc4)c4ccccc4-5)cc(-c4cc5ccccc5s4)n3)c2)cc1. The molecule has 3 heteroatoms. The molecule has 0 N–H and O–H groups in total. The van der Waals surface area contributed by atoms with Gasteiger partial charge in [0.05, 0.1) is 21.7 Å². The van der Waals surface area contributed by atoms with Crippen LogP contribution in [0.15, 0.2) is 194 Å². The Morgan fingerprint density at radius 1 is 0.385 bits per heavy atom. The van der Waals surface area contributed by atoms with Gasteiger partial charge in [0.15, 0.2) is 5.82 Å². The predicted molar refractivity (Wildman–Crippen MR) is 216 cm³/mol. The summed E-state index contributed by atoms with van der Waals surface area (Å²) in [6.07, 6.45) is 0. The van der Waals surface area contributed by atoms with E-state index in [9.17, 15) is 0 Å². The second-order valence-electron chi connectivity index (χ2n) is 13.3. The number of hydrogen-bond donors (Lipinski definition) is 0. The Kier molecular flexibility index (Phi) is 7.26. The third-order valence-corrected chi connectivity index (χ3v) is 11.5. The van der Waals surface area contributed by atoms with Crippen LogP contribution in [0.25, 0.3) is 65.6 Å². The normalized spacial score (nSPS) is 12.8. The van der Waals surface area contributed by atoms with Gasteiger partial charge in [0.25, 0.3) is 0 Å². The van der Waals surface area contributed by atoms with E-state index in [-0.39, 0.29) is 0 Å². The van der Waals surface area contributed by atoms with Gasteiger partial charge in [-0.25, -0.2) is 9.97 Å². The van der Waals surface area contributed by atoms with E-state index in [1.807, 2.05) is 0 Å².